The number of hydrogen-bond donors (Lipinski definition) is 1. The lowest BCUT2D eigenvalue weighted by Gasteiger charge is -2.40. The van der Waals surface area contributed by atoms with Gasteiger partial charge in [-0.25, -0.2) is 8.42 Å². The number of esters is 1. The summed E-state index contributed by atoms with van der Waals surface area (Å²) in [5.41, 5.74) is -0.947. The van der Waals surface area contributed by atoms with Gasteiger partial charge in [-0.1, -0.05) is 0 Å². The van der Waals surface area contributed by atoms with E-state index in [0.29, 0.717) is 19.5 Å². The van der Waals surface area contributed by atoms with Gasteiger partial charge in [0.2, 0.25) is 0 Å². The van der Waals surface area contributed by atoms with Crippen LogP contribution in [-0.4, -0.2) is 69.1 Å². The van der Waals surface area contributed by atoms with Crippen molar-refractivity contribution in [3.63, 3.8) is 0 Å². The minimum Gasteiger partial charge on any atom is -0.465 e. The third-order valence-electron chi connectivity index (χ3n) is 3.66. The van der Waals surface area contributed by atoms with E-state index in [4.69, 9.17) is 4.74 Å². The summed E-state index contributed by atoms with van der Waals surface area (Å²) in [7, 11) is -3.13. The van der Waals surface area contributed by atoms with Gasteiger partial charge in [-0.05, 0) is 13.3 Å². The van der Waals surface area contributed by atoms with Crippen molar-refractivity contribution in [3.05, 3.63) is 0 Å². The van der Waals surface area contributed by atoms with E-state index in [0.717, 1.165) is 13.1 Å². The van der Waals surface area contributed by atoms with Crippen LogP contribution < -0.4 is 5.32 Å². The number of sulfone groups is 1. The topological polar surface area (TPSA) is 75.7 Å². The molecule has 1 unspecified atom stereocenters. The molecule has 7 heteroatoms. The SMILES string of the molecule is CCOC(=O)C1(N2CCNCC2)CCS(=O)(=O)C1. The highest BCUT2D eigenvalue weighted by molar-refractivity contribution is 7.91. The molecule has 0 saturated carbocycles. The molecule has 1 atom stereocenters. The maximum absolute atomic E-state index is 12.2. The van der Waals surface area contributed by atoms with Crippen LogP contribution in [0.15, 0.2) is 0 Å². The second-order valence-corrected chi connectivity index (χ2v) is 7.02. The van der Waals surface area contributed by atoms with Crippen molar-refractivity contribution in [1.82, 2.24) is 10.2 Å². The molecule has 2 saturated heterocycles. The van der Waals surface area contributed by atoms with Crippen molar-refractivity contribution in [1.29, 1.82) is 0 Å². The number of hydrogen-bond acceptors (Lipinski definition) is 6. The molecule has 0 amide bonds. The van der Waals surface area contributed by atoms with Crippen molar-refractivity contribution in [2.24, 2.45) is 0 Å². The Morgan fingerprint density at radius 1 is 1.39 bits per heavy atom. The molecular formula is C11H20N2O4S. The fraction of sp³-hybridized carbons (Fsp3) is 0.909. The average molecular weight is 276 g/mol. The first-order valence-corrected chi connectivity index (χ1v) is 8.16. The van der Waals surface area contributed by atoms with E-state index in [9.17, 15) is 13.2 Å². The van der Waals surface area contributed by atoms with Gasteiger partial charge in [-0.2, -0.15) is 0 Å². The third kappa shape index (κ3) is 2.53. The van der Waals surface area contributed by atoms with E-state index in [1.807, 2.05) is 4.90 Å². The molecule has 0 bridgehead atoms. The molecule has 0 radical (unpaired) electrons. The molecule has 0 aromatic heterocycles. The van der Waals surface area contributed by atoms with Gasteiger partial charge in [0.1, 0.15) is 5.54 Å². The summed E-state index contributed by atoms with van der Waals surface area (Å²) in [5.74, 6) is -0.401. The van der Waals surface area contributed by atoms with Crippen LogP contribution in [0.25, 0.3) is 0 Å². The summed E-state index contributed by atoms with van der Waals surface area (Å²) >= 11 is 0. The Balaban J connectivity index is 2.25. The number of ether oxygens (including phenoxy) is 1. The summed E-state index contributed by atoms with van der Waals surface area (Å²) in [6.07, 6.45) is 0.355. The van der Waals surface area contributed by atoms with Gasteiger partial charge in [0.15, 0.2) is 9.84 Å². The molecule has 2 heterocycles. The normalized spacial score (nSPS) is 32.3. The summed E-state index contributed by atoms with van der Waals surface area (Å²) in [6.45, 7) is 4.96. The van der Waals surface area contributed by atoms with Crippen molar-refractivity contribution in [3.8, 4) is 0 Å². The Morgan fingerprint density at radius 2 is 2.06 bits per heavy atom. The van der Waals surface area contributed by atoms with Crippen LogP contribution in [0.3, 0.4) is 0 Å². The second-order valence-electron chi connectivity index (χ2n) is 4.83. The van der Waals surface area contributed by atoms with Crippen molar-refractivity contribution in [2.45, 2.75) is 18.9 Å². The first-order valence-electron chi connectivity index (χ1n) is 6.33. The number of carbonyl (C=O) groups excluding carboxylic acids is 1. The summed E-state index contributed by atoms with van der Waals surface area (Å²) in [4.78, 5) is 14.2. The van der Waals surface area contributed by atoms with Crippen LogP contribution in [0.5, 0.6) is 0 Å². The van der Waals surface area contributed by atoms with Crippen LogP contribution in [0.2, 0.25) is 0 Å². The first kappa shape index (κ1) is 13.8. The minimum atomic E-state index is -3.13. The lowest BCUT2D eigenvalue weighted by Crippen LogP contribution is -2.61. The van der Waals surface area contributed by atoms with Gasteiger partial charge >= 0.3 is 5.97 Å². The van der Waals surface area contributed by atoms with Gasteiger partial charge in [0.05, 0.1) is 18.1 Å². The number of nitrogens with zero attached hydrogens (tertiary/aromatic N) is 1. The molecule has 0 aromatic rings. The van der Waals surface area contributed by atoms with E-state index in [1.54, 1.807) is 6.92 Å². The lowest BCUT2D eigenvalue weighted by molar-refractivity contribution is -0.156. The monoisotopic (exact) mass is 276 g/mol. The lowest BCUT2D eigenvalue weighted by atomic mass is 9.95. The molecule has 2 fully saturated rings. The summed E-state index contributed by atoms with van der Waals surface area (Å²) in [6, 6.07) is 0. The highest BCUT2D eigenvalue weighted by Gasteiger charge is 2.53. The predicted molar refractivity (Wildman–Crippen MR) is 67.1 cm³/mol. The molecule has 2 rings (SSSR count). The Hall–Kier alpha value is -0.660. The smallest absolute Gasteiger partial charge is 0.327 e. The fourth-order valence-electron chi connectivity index (χ4n) is 2.73. The van der Waals surface area contributed by atoms with Crippen LogP contribution in [-0.2, 0) is 19.4 Å². The van der Waals surface area contributed by atoms with Gasteiger partial charge in [0.25, 0.3) is 0 Å². The van der Waals surface area contributed by atoms with E-state index < -0.39 is 15.4 Å². The Labute approximate surface area is 108 Å². The number of nitrogens with one attached hydrogen (secondary N) is 1. The Morgan fingerprint density at radius 3 is 2.56 bits per heavy atom. The van der Waals surface area contributed by atoms with Crippen molar-refractivity contribution >= 4 is 15.8 Å². The fourth-order valence-corrected chi connectivity index (χ4v) is 4.70. The van der Waals surface area contributed by atoms with Crippen LogP contribution in [0, 0.1) is 0 Å². The summed E-state index contributed by atoms with van der Waals surface area (Å²) in [5, 5.41) is 3.20. The van der Waals surface area contributed by atoms with Crippen LogP contribution >= 0.6 is 0 Å². The van der Waals surface area contributed by atoms with Crippen molar-refractivity contribution < 1.29 is 17.9 Å². The molecule has 0 spiro atoms. The third-order valence-corrected chi connectivity index (χ3v) is 5.41. The molecule has 104 valence electrons. The van der Waals surface area contributed by atoms with Gasteiger partial charge in [-0.3, -0.25) is 9.69 Å². The molecule has 6 nitrogen and oxygen atoms in total. The molecular weight excluding hydrogens is 256 g/mol. The van der Waals surface area contributed by atoms with E-state index in [-0.39, 0.29) is 24.1 Å². The van der Waals surface area contributed by atoms with Gasteiger partial charge < -0.3 is 10.1 Å². The largest absolute Gasteiger partial charge is 0.465 e. The quantitative estimate of drug-likeness (QED) is 0.667. The molecule has 18 heavy (non-hydrogen) atoms. The zero-order valence-corrected chi connectivity index (χ0v) is 11.5. The van der Waals surface area contributed by atoms with Crippen molar-refractivity contribution in [2.75, 3.05) is 44.3 Å². The van der Waals surface area contributed by atoms with E-state index >= 15 is 0 Å². The molecule has 0 aliphatic carbocycles. The minimum absolute atomic E-state index is 0.0791. The van der Waals surface area contributed by atoms with Crippen LogP contribution in [0.1, 0.15) is 13.3 Å². The Kier molecular flexibility index (Phi) is 3.93. The standard InChI is InChI=1S/C11H20N2O4S/c1-2-17-10(14)11(3-8-18(15,16)9-11)13-6-4-12-5-7-13/h12H,2-9H2,1H3. The Bertz CT molecular complexity index is 417. The first-order chi connectivity index (χ1) is 8.50. The highest BCUT2D eigenvalue weighted by Crippen LogP contribution is 2.31. The maximum Gasteiger partial charge on any atom is 0.327 e. The summed E-state index contributed by atoms with van der Waals surface area (Å²) < 4.78 is 28.6. The molecule has 0 aromatic carbocycles. The number of rotatable bonds is 3. The van der Waals surface area contributed by atoms with Crippen LogP contribution in [0.4, 0.5) is 0 Å². The maximum atomic E-state index is 12.2. The molecule has 1 N–H and O–H groups in total. The highest BCUT2D eigenvalue weighted by atomic mass is 32.2. The molecule has 2 aliphatic heterocycles. The zero-order valence-electron chi connectivity index (χ0n) is 10.6. The average Bonchev–Trinajstić information content (AvgIpc) is 2.68. The van der Waals surface area contributed by atoms with E-state index in [2.05, 4.69) is 5.32 Å². The van der Waals surface area contributed by atoms with E-state index in [1.165, 1.54) is 0 Å². The molecule has 2 aliphatic rings. The van der Waals surface area contributed by atoms with Gasteiger partial charge in [-0.15, -0.1) is 0 Å². The van der Waals surface area contributed by atoms with Gasteiger partial charge in [0, 0.05) is 26.2 Å². The second kappa shape index (κ2) is 5.14. The zero-order chi connectivity index (χ0) is 13.2. The number of piperazine rings is 1. The predicted octanol–water partition coefficient (Wildman–Crippen LogP) is -0.988. The number of carbonyl (C=O) groups is 1.